The molecule has 0 fully saturated rings. The van der Waals surface area contributed by atoms with Crippen LogP contribution in [0.15, 0.2) is 48.5 Å². The maximum Gasteiger partial charge on any atom is 0.224 e. The van der Waals surface area contributed by atoms with Crippen LogP contribution < -0.4 is 10.1 Å². The van der Waals surface area contributed by atoms with Crippen molar-refractivity contribution in [2.24, 2.45) is 0 Å². The minimum absolute atomic E-state index is 0.0317. The summed E-state index contributed by atoms with van der Waals surface area (Å²) in [5.41, 5.74) is 1.91. The van der Waals surface area contributed by atoms with Crippen molar-refractivity contribution in [3.63, 3.8) is 0 Å². The summed E-state index contributed by atoms with van der Waals surface area (Å²) in [7, 11) is 1.61. The highest BCUT2D eigenvalue weighted by atomic mass is 35.5. The second kappa shape index (κ2) is 7.14. The van der Waals surface area contributed by atoms with Crippen LogP contribution in [0.3, 0.4) is 0 Å². The lowest BCUT2D eigenvalue weighted by molar-refractivity contribution is -0.121. The predicted octanol–water partition coefficient (Wildman–Crippen LogP) is 3.77. The molecule has 21 heavy (non-hydrogen) atoms. The van der Waals surface area contributed by atoms with Crippen LogP contribution in [-0.4, -0.2) is 13.0 Å². The molecule has 1 atom stereocenters. The van der Waals surface area contributed by atoms with E-state index in [1.807, 2.05) is 55.5 Å². The average Bonchev–Trinajstić information content (AvgIpc) is 2.47. The zero-order valence-corrected chi connectivity index (χ0v) is 12.9. The Morgan fingerprint density at radius 2 is 2.00 bits per heavy atom. The number of methoxy groups -OCH3 is 1. The van der Waals surface area contributed by atoms with Crippen molar-refractivity contribution < 1.29 is 9.53 Å². The van der Waals surface area contributed by atoms with Crippen LogP contribution in [0.1, 0.15) is 24.1 Å². The van der Waals surface area contributed by atoms with Crippen molar-refractivity contribution in [2.75, 3.05) is 7.11 Å². The number of hydrogen-bond acceptors (Lipinski definition) is 2. The van der Waals surface area contributed by atoms with Crippen molar-refractivity contribution in [2.45, 2.75) is 19.4 Å². The molecule has 0 aromatic heterocycles. The van der Waals surface area contributed by atoms with Gasteiger partial charge in [-0.3, -0.25) is 4.79 Å². The van der Waals surface area contributed by atoms with Crippen LogP contribution in [0, 0.1) is 0 Å². The van der Waals surface area contributed by atoms with E-state index in [2.05, 4.69) is 5.32 Å². The molecule has 0 aliphatic heterocycles. The Morgan fingerprint density at radius 1 is 1.24 bits per heavy atom. The number of carbonyl (C=O) groups is 1. The van der Waals surface area contributed by atoms with Crippen LogP contribution in [0.5, 0.6) is 5.75 Å². The fourth-order valence-electron chi connectivity index (χ4n) is 2.12. The Balaban J connectivity index is 1.97. The van der Waals surface area contributed by atoms with Gasteiger partial charge in [0.25, 0.3) is 0 Å². The van der Waals surface area contributed by atoms with E-state index in [1.165, 1.54) is 0 Å². The van der Waals surface area contributed by atoms with E-state index in [4.69, 9.17) is 16.3 Å². The van der Waals surface area contributed by atoms with Crippen molar-refractivity contribution in [3.8, 4) is 5.75 Å². The molecule has 1 N–H and O–H groups in total. The number of ether oxygens (including phenoxy) is 1. The first-order chi connectivity index (χ1) is 10.1. The lowest BCUT2D eigenvalue weighted by Crippen LogP contribution is -2.28. The molecule has 110 valence electrons. The van der Waals surface area contributed by atoms with Crippen molar-refractivity contribution in [3.05, 3.63) is 64.7 Å². The lowest BCUT2D eigenvalue weighted by atomic mass is 10.1. The molecule has 0 aliphatic carbocycles. The van der Waals surface area contributed by atoms with Gasteiger partial charge in [0.2, 0.25) is 5.91 Å². The number of hydrogen-bond donors (Lipinski definition) is 1. The lowest BCUT2D eigenvalue weighted by Gasteiger charge is -2.15. The van der Waals surface area contributed by atoms with Gasteiger partial charge in [-0.1, -0.05) is 35.9 Å². The second-order valence-electron chi connectivity index (χ2n) is 4.87. The highest BCUT2D eigenvalue weighted by molar-refractivity contribution is 6.30. The van der Waals surface area contributed by atoms with E-state index in [0.29, 0.717) is 11.4 Å². The fraction of sp³-hybridized carbons (Fsp3) is 0.235. The van der Waals surface area contributed by atoms with Gasteiger partial charge in [0.15, 0.2) is 0 Å². The Bertz CT molecular complexity index is 628. The molecule has 0 aliphatic rings. The zero-order chi connectivity index (χ0) is 15.2. The minimum atomic E-state index is -0.0817. The summed E-state index contributed by atoms with van der Waals surface area (Å²) >= 11 is 5.96. The van der Waals surface area contributed by atoms with Gasteiger partial charge >= 0.3 is 0 Å². The highest BCUT2D eigenvalue weighted by Gasteiger charge is 2.10. The maximum atomic E-state index is 12.1. The van der Waals surface area contributed by atoms with Crippen molar-refractivity contribution in [1.29, 1.82) is 0 Å². The van der Waals surface area contributed by atoms with E-state index in [-0.39, 0.29) is 11.9 Å². The molecule has 0 saturated carbocycles. The van der Waals surface area contributed by atoms with Crippen molar-refractivity contribution >= 4 is 17.5 Å². The van der Waals surface area contributed by atoms with E-state index in [0.717, 1.165) is 16.9 Å². The molecule has 1 amide bonds. The summed E-state index contributed by atoms with van der Waals surface area (Å²) in [6.07, 6.45) is 0.322. The topological polar surface area (TPSA) is 38.3 Å². The van der Waals surface area contributed by atoms with Crippen LogP contribution >= 0.6 is 11.6 Å². The Kier molecular flexibility index (Phi) is 5.23. The molecule has 2 aromatic carbocycles. The molecule has 0 heterocycles. The minimum Gasteiger partial charge on any atom is -0.497 e. The number of nitrogens with one attached hydrogen (secondary N) is 1. The summed E-state index contributed by atoms with van der Waals surface area (Å²) < 4.78 is 5.15. The molecule has 0 bridgehead atoms. The van der Waals surface area contributed by atoms with E-state index >= 15 is 0 Å². The van der Waals surface area contributed by atoms with Crippen molar-refractivity contribution in [1.82, 2.24) is 5.32 Å². The first-order valence-electron chi connectivity index (χ1n) is 6.76. The molecule has 0 radical (unpaired) electrons. The average molecular weight is 304 g/mol. The number of carbonyl (C=O) groups excluding carboxylic acids is 1. The van der Waals surface area contributed by atoms with Crippen LogP contribution in [0.2, 0.25) is 5.02 Å². The van der Waals surface area contributed by atoms with Crippen LogP contribution in [0.25, 0.3) is 0 Å². The third kappa shape index (κ3) is 4.50. The Morgan fingerprint density at radius 3 is 2.71 bits per heavy atom. The van der Waals surface area contributed by atoms with E-state index in [9.17, 15) is 4.79 Å². The number of benzene rings is 2. The van der Waals surface area contributed by atoms with Gasteiger partial charge in [0, 0.05) is 5.02 Å². The SMILES string of the molecule is COc1cccc(CC(=O)NC(C)c2cccc(Cl)c2)c1. The molecular formula is C17H18ClNO2. The normalized spacial score (nSPS) is 11.8. The second-order valence-corrected chi connectivity index (χ2v) is 5.31. The van der Waals surface area contributed by atoms with E-state index in [1.54, 1.807) is 7.11 Å². The zero-order valence-electron chi connectivity index (χ0n) is 12.1. The van der Waals surface area contributed by atoms with Gasteiger partial charge in [-0.2, -0.15) is 0 Å². The van der Waals surface area contributed by atoms with Gasteiger partial charge in [-0.15, -0.1) is 0 Å². The first kappa shape index (κ1) is 15.4. The quantitative estimate of drug-likeness (QED) is 0.913. The third-order valence-electron chi connectivity index (χ3n) is 3.22. The van der Waals surface area contributed by atoms with Gasteiger partial charge in [-0.25, -0.2) is 0 Å². The number of halogens is 1. The Labute approximate surface area is 129 Å². The smallest absolute Gasteiger partial charge is 0.224 e. The first-order valence-corrected chi connectivity index (χ1v) is 7.14. The van der Waals surface area contributed by atoms with Gasteiger partial charge in [0.1, 0.15) is 5.75 Å². The number of amides is 1. The van der Waals surface area contributed by atoms with Gasteiger partial charge in [-0.05, 0) is 42.3 Å². The third-order valence-corrected chi connectivity index (χ3v) is 3.46. The van der Waals surface area contributed by atoms with Crippen LogP contribution in [0.4, 0.5) is 0 Å². The molecular weight excluding hydrogens is 286 g/mol. The molecule has 3 nitrogen and oxygen atoms in total. The molecule has 0 spiro atoms. The number of rotatable bonds is 5. The Hall–Kier alpha value is -2.00. The summed E-state index contributed by atoms with van der Waals surface area (Å²) in [5, 5.41) is 3.64. The summed E-state index contributed by atoms with van der Waals surface area (Å²) in [4.78, 5) is 12.1. The predicted molar refractivity (Wildman–Crippen MR) is 84.7 cm³/mol. The molecule has 2 rings (SSSR count). The molecule has 2 aromatic rings. The summed E-state index contributed by atoms with van der Waals surface area (Å²) in [6, 6.07) is 14.9. The maximum absolute atomic E-state index is 12.1. The monoisotopic (exact) mass is 303 g/mol. The molecule has 0 saturated heterocycles. The van der Waals surface area contributed by atoms with Gasteiger partial charge in [0.05, 0.1) is 19.6 Å². The fourth-order valence-corrected chi connectivity index (χ4v) is 2.32. The highest BCUT2D eigenvalue weighted by Crippen LogP contribution is 2.18. The van der Waals surface area contributed by atoms with Crippen LogP contribution in [-0.2, 0) is 11.2 Å². The summed E-state index contributed by atoms with van der Waals surface area (Å²) in [6.45, 7) is 1.94. The largest absolute Gasteiger partial charge is 0.497 e. The molecule has 4 heteroatoms. The standard InChI is InChI=1S/C17H18ClNO2/c1-12(14-6-4-7-15(18)11-14)19-17(20)10-13-5-3-8-16(9-13)21-2/h3-9,11-12H,10H2,1-2H3,(H,19,20). The molecule has 1 unspecified atom stereocenters. The summed E-state index contributed by atoms with van der Waals surface area (Å²) in [5.74, 6) is 0.721. The van der Waals surface area contributed by atoms with Gasteiger partial charge < -0.3 is 10.1 Å². The van der Waals surface area contributed by atoms with E-state index < -0.39 is 0 Å².